The van der Waals surface area contributed by atoms with E-state index in [-0.39, 0.29) is 6.42 Å². The van der Waals surface area contributed by atoms with Crippen LogP contribution in [0.2, 0.25) is 0 Å². The van der Waals surface area contributed by atoms with Gasteiger partial charge in [0.05, 0.1) is 0 Å². The molecule has 0 spiro atoms. The van der Waals surface area contributed by atoms with E-state index in [0.717, 1.165) is 0 Å². The van der Waals surface area contributed by atoms with E-state index in [1.165, 1.54) is 6.92 Å². The Bertz CT molecular complexity index is 260. The van der Waals surface area contributed by atoms with Gasteiger partial charge in [-0.25, -0.2) is 0 Å². The highest BCUT2D eigenvalue weighted by Crippen LogP contribution is 2.03. The molecule has 0 saturated heterocycles. The van der Waals surface area contributed by atoms with E-state index in [1.807, 2.05) is 13.8 Å². The lowest BCUT2D eigenvalue weighted by Crippen LogP contribution is -2.42. The maximum Gasteiger partial charge on any atom is 0.325 e. The maximum absolute atomic E-state index is 11.2. The molecule has 0 aliphatic rings. The molecule has 0 heterocycles. The van der Waals surface area contributed by atoms with Gasteiger partial charge in [0.1, 0.15) is 6.04 Å². The minimum Gasteiger partial charge on any atom is -0.480 e. The summed E-state index contributed by atoms with van der Waals surface area (Å²) in [6.07, 6.45) is 0.795. The Morgan fingerprint density at radius 2 is 1.73 bits per heavy atom. The lowest BCUT2D eigenvalue weighted by Gasteiger charge is -2.08. The molecule has 1 unspecified atom stereocenters. The van der Waals surface area contributed by atoms with Crippen molar-refractivity contribution in [2.75, 3.05) is 0 Å². The zero-order chi connectivity index (χ0) is 12.0. The third kappa shape index (κ3) is 5.83. The Balaban J connectivity index is 4.00. The predicted molar refractivity (Wildman–Crippen MR) is 54.3 cm³/mol. The molecule has 0 aliphatic carbocycles. The summed E-state index contributed by atoms with van der Waals surface area (Å²) in [6, 6.07) is -1.03. The van der Waals surface area contributed by atoms with Gasteiger partial charge in [-0.3, -0.25) is 14.4 Å². The van der Waals surface area contributed by atoms with E-state index in [9.17, 15) is 14.4 Å². The first-order chi connectivity index (χ1) is 6.84. The van der Waals surface area contributed by atoms with Crippen molar-refractivity contribution in [1.82, 2.24) is 5.32 Å². The van der Waals surface area contributed by atoms with E-state index < -0.39 is 23.7 Å². The molecule has 1 atom stereocenters. The van der Waals surface area contributed by atoms with Crippen molar-refractivity contribution in [2.24, 2.45) is 5.92 Å². The number of Topliss-reactive ketones (excluding diaryl/α,β-unsaturated/α-hetero) is 1. The Kier molecular flexibility index (Phi) is 5.59. The summed E-state index contributed by atoms with van der Waals surface area (Å²) in [4.78, 5) is 32.7. The van der Waals surface area contributed by atoms with Gasteiger partial charge >= 0.3 is 5.97 Å². The van der Waals surface area contributed by atoms with Crippen LogP contribution in [0.3, 0.4) is 0 Å². The molecular weight excluding hydrogens is 198 g/mol. The fraction of sp³-hybridized carbons (Fsp3) is 0.700. The van der Waals surface area contributed by atoms with Crippen LogP contribution in [0.25, 0.3) is 0 Å². The quantitative estimate of drug-likeness (QED) is 0.635. The number of nitrogens with one attached hydrogen (secondary N) is 1. The topological polar surface area (TPSA) is 83.5 Å². The smallest absolute Gasteiger partial charge is 0.325 e. The zero-order valence-electron chi connectivity index (χ0n) is 9.24. The van der Waals surface area contributed by atoms with Crippen LogP contribution >= 0.6 is 0 Å². The summed E-state index contributed by atoms with van der Waals surface area (Å²) >= 11 is 0. The molecule has 0 radical (unpaired) electrons. The molecule has 0 aromatic carbocycles. The summed E-state index contributed by atoms with van der Waals surface area (Å²) < 4.78 is 0. The maximum atomic E-state index is 11.2. The number of aliphatic carboxylic acids is 1. The molecule has 0 aliphatic heterocycles. The second-order valence-corrected chi connectivity index (χ2v) is 3.89. The second-order valence-electron chi connectivity index (χ2n) is 3.89. The van der Waals surface area contributed by atoms with Gasteiger partial charge in [0, 0.05) is 6.42 Å². The number of carbonyl (C=O) groups excluding carboxylic acids is 2. The Labute approximate surface area is 88.9 Å². The number of amides is 1. The van der Waals surface area contributed by atoms with Crippen LogP contribution in [0.5, 0.6) is 0 Å². The van der Waals surface area contributed by atoms with E-state index in [2.05, 4.69) is 5.32 Å². The first-order valence-corrected chi connectivity index (χ1v) is 4.91. The van der Waals surface area contributed by atoms with Gasteiger partial charge < -0.3 is 10.4 Å². The molecule has 0 aromatic rings. The molecule has 0 aromatic heterocycles. The minimum atomic E-state index is -1.15. The van der Waals surface area contributed by atoms with Crippen LogP contribution in [0.1, 0.15) is 33.6 Å². The van der Waals surface area contributed by atoms with Gasteiger partial charge in [-0.05, 0) is 19.3 Å². The van der Waals surface area contributed by atoms with Crippen molar-refractivity contribution in [3.05, 3.63) is 0 Å². The standard InChI is InChI=1S/C10H17NO4/c1-6(2)4-5-8(12)9(13)11-7(3)10(14)15/h6-7H,4-5H2,1-3H3,(H,11,13)(H,14,15). The molecule has 5 nitrogen and oxygen atoms in total. The molecule has 5 heteroatoms. The summed E-state index contributed by atoms with van der Waals surface area (Å²) in [6.45, 7) is 5.21. The number of hydrogen-bond donors (Lipinski definition) is 2. The van der Waals surface area contributed by atoms with Gasteiger partial charge in [0.2, 0.25) is 5.78 Å². The fourth-order valence-electron chi connectivity index (χ4n) is 0.872. The van der Waals surface area contributed by atoms with E-state index in [1.54, 1.807) is 0 Å². The number of carboxylic acid groups (broad SMARTS) is 1. The first kappa shape index (κ1) is 13.6. The molecule has 15 heavy (non-hydrogen) atoms. The summed E-state index contributed by atoms with van der Waals surface area (Å²) in [5.41, 5.74) is 0. The SMILES string of the molecule is CC(C)CCC(=O)C(=O)NC(C)C(=O)O. The molecule has 0 bridgehead atoms. The number of rotatable bonds is 6. The van der Waals surface area contributed by atoms with Crippen LogP contribution in [-0.2, 0) is 14.4 Å². The zero-order valence-corrected chi connectivity index (χ0v) is 9.24. The van der Waals surface area contributed by atoms with Gasteiger partial charge in [0.15, 0.2) is 0 Å². The summed E-state index contributed by atoms with van der Waals surface area (Å²) in [5.74, 6) is -2.18. The van der Waals surface area contributed by atoms with E-state index in [0.29, 0.717) is 12.3 Å². The average Bonchev–Trinajstić information content (AvgIpc) is 2.13. The van der Waals surface area contributed by atoms with Crippen LogP contribution in [0.15, 0.2) is 0 Å². The summed E-state index contributed by atoms with van der Waals surface area (Å²) in [7, 11) is 0. The minimum absolute atomic E-state index is 0.163. The molecule has 86 valence electrons. The van der Waals surface area contributed by atoms with Gasteiger partial charge in [-0.1, -0.05) is 13.8 Å². The third-order valence-electron chi connectivity index (χ3n) is 1.92. The van der Waals surface area contributed by atoms with E-state index >= 15 is 0 Å². The van der Waals surface area contributed by atoms with Crippen LogP contribution in [-0.4, -0.2) is 28.8 Å². The van der Waals surface area contributed by atoms with Crippen molar-refractivity contribution >= 4 is 17.7 Å². The van der Waals surface area contributed by atoms with Crippen molar-refractivity contribution < 1.29 is 19.5 Å². The summed E-state index contributed by atoms with van der Waals surface area (Å²) in [5, 5.41) is 10.6. The van der Waals surface area contributed by atoms with Crippen LogP contribution < -0.4 is 5.32 Å². The lowest BCUT2D eigenvalue weighted by molar-refractivity contribution is -0.143. The monoisotopic (exact) mass is 215 g/mol. The Morgan fingerprint density at radius 3 is 2.13 bits per heavy atom. The third-order valence-corrected chi connectivity index (χ3v) is 1.92. The molecule has 1 amide bonds. The van der Waals surface area contributed by atoms with Gasteiger partial charge in [-0.2, -0.15) is 0 Å². The van der Waals surface area contributed by atoms with Crippen molar-refractivity contribution in [2.45, 2.75) is 39.7 Å². The number of carboxylic acids is 1. The predicted octanol–water partition coefficient (Wildman–Crippen LogP) is 0.581. The van der Waals surface area contributed by atoms with Crippen molar-refractivity contribution in [3.8, 4) is 0 Å². The van der Waals surface area contributed by atoms with E-state index in [4.69, 9.17) is 5.11 Å². The number of ketones is 1. The highest BCUT2D eigenvalue weighted by atomic mass is 16.4. The molecular formula is C10H17NO4. The Hall–Kier alpha value is -1.39. The van der Waals surface area contributed by atoms with Crippen LogP contribution in [0, 0.1) is 5.92 Å². The van der Waals surface area contributed by atoms with Gasteiger partial charge in [0.25, 0.3) is 5.91 Å². The highest BCUT2D eigenvalue weighted by Gasteiger charge is 2.19. The van der Waals surface area contributed by atoms with Crippen molar-refractivity contribution in [1.29, 1.82) is 0 Å². The van der Waals surface area contributed by atoms with Crippen molar-refractivity contribution in [3.63, 3.8) is 0 Å². The van der Waals surface area contributed by atoms with Crippen LogP contribution in [0.4, 0.5) is 0 Å². The second kappa shape index (κ2) is 6.16. The number of hydrogen-bond acceptors (Lipinski definition) is 3. The largest absolute Gasteiger partial charge is 0.480 e. The Morgan fingerprint density at radius 1 is 1.20 bits per heavy atom. The molecule has 2 N–H and O–H groups in total. The molecule has 0 rings (SSSR count). The fourth-order valence-corrected chi connectivity index (χ4v) is 0.872. The highest BCUT2D eigenvalue weighted by molar-refractivity contribution is 6.36. The van der Waals surface area contributed by atoms with Gasteiger partial charge in [-0.15, -0.1) is 0 Å². The molecule has 0 saturated carbocycles. The average molecular weight is 215 g/mol. The number of carbonyl (C=O) groups is 3. The lowest BCUT2D eigenvalue weighted by atomic mass is 10.1. The molecule has 0 fully saturated rings. The normalized spacial score (nSPS) is 12.3. The first-order valence-electron chi connectivity index (χ1n) is 4.91.